The summed E-state index contributed by atoms with van der Waals surface area (Å²) < 4.78 is 118. The molecule has 0 aliphatic rings. The molecule has 0 atom stereocenters. The molecule has 33 heavy (non-hydrogen) atoms. The Morgan fingerprint density at radius 3 is 1.27 bits per heavy atom. The first-order valence-electron chi connectivity index (χ1n) is 8.88. The second-order valence-electron chi connectivity index (χ2n) is 6.74. The van der Waals surface area contributed by atoms with Crippen molar-refractivity contribution in [1.29, 1.82) is 0 Å². The van der Waals surface area contributed by atoms with Gasteiger partial charge in [0.2, 0.25) is 9.84 Å². The number of hydrogen-bond donors (Lipinski definition) is 0. The van der Waals surface area contributed by atoms with Gasteiger partial charge in [-0.1, -0.05) is 0 Å². The number of rotatable bonds is 10. The zero-order valence-corrected chi connectivity index (χ0v) is 26.6. The molecular weight excluding hydrogens is 557 g/mol. The fourth-order valence-corrected chi connectivity index (χ4v) is 5.19. The molecule has 0 fully saturated rings. The molecule has 8 nitrogen and oxygen atoms in total. The van der Waals surface area contributed by atoms with E-state index in [-0.39, 0.29) is 149 Å². The molecule has 0 bridgehead atoms. The summed E-state index contributed by atoms with van der Waals surface area (Å²) in [6, 6.07) is 5.77. The Balaban J connectivity index is 0.00000512. The van der Waals surface area contributed by atoms with E-state index in [1.54, 1.807) is 0 Å². The number of aryl methyl sites for hydroxylation is 2. The van der Waals surface area contributed by atoms with Gasteiger partial charge in [-0.2, -0.15) is 0 Å². The van der Waals surface area contributed by atoms with Crippen molar-refractivity contribution in [2.24, 2.45) is 0 Å². The molecule has 0 aliphatic carbocycles. The fraction of sp³-hybridized carbons (Fsp3) is 0.333. The van der Waals surface area contributed by atoms with Crippen molar-refractivity contribution in [2.45, 2.75) is 35.5 Å². The summed E-state index contributed by atoms with van der Waals surface area (Å²) in [5, 5.41) is 0. The molecular formula is C18H18F2K2O8S3. The third-order valence-electron chi connectivity index (χ3n) is 4.34. The van der Waals surface area contributed by atoms with Crippen LogP contribution in [0.2, 0.25) is 0 Å². The number of hydrogen-bond acceptors (Lipinski definition) is 8. The molecule has 0 N–H and O–H groups in total. The minimum absolute atomic E-state index is 0. The predicted octanol–water partition coefficient (Wildman–Crippen LogP) is -4.24. The van der Waals surface area contributed by atoms with E-state index in [0.29, 0.717) is 0 Å². The number of sulfone groups is 1. The zero-order chi connectivity index (χ0) is 23.4. The van der Waals surface area contributed by atoms with Crippen molar-refractivity contribution in [3.8, 4) is 0 Å². The van der Waals surface area contributed by atoms with E-state index < -0.39 is 53.2 Å². The van der Waals surface area contributed by atoms with Gasteiger partial charge in [0.15, 0.2) is 0 Å². The van der Waals surface area contributed by atoms with Crippen LogP contribution in [0.5, 0.6) is 0 Å². The SMILES string of the molecule is O=S(=O)([O-])CCCc1cc(S(=O)(=O)c2ccc(F)c(CCCS(=O)(=O)[O-])c2)ccc1F.[K+].[K+]. The van der Waals surface area contributed by atoms with Crippen LogP contribution in [0.3, 0.4) is 0 Å². The third-order valence-corrected chi connectivity index (χ3v) is 7.66. The molecule has 15 heteroatoms. The standard InChI is InChI=1S/C18H20F2O8S3.2K/c19-17-7-5-15(11-13(17)3-1-9-29(21,22)23)31(27,28)16-6-8-18(20)14(12-16)4-2-10-30(24,25)26;;/h5-8,11-12H,1-4,9-10H2,(H,21,22,23)(H,24,25,26);;/q;2*+1/p-2. The van der Waals surface area contributed by atoms with E-state index in [1.807, 2.05) is 0 Å². The van der Waals surface area contributed by atoms with E-state index >= 15 is 0 Å². The molecule has 0 aliphatic heterocycles. The van der Waals surface area contributed by atoms with Gasteiger partial charge in [0.25, 0.3) is 0 Å². The quantitative estimate of drug-likeness (QED) is 0.157. The van der Waals surface area contributed by atoms with Crippen LogP contribution in [0.25, 0.3) is 0 Å². The van der Waals surface area contributed by atoms with Gasteiger partial charge in [-0.15, -0.1) is 0 Å². The molecule has 0 amide bonds. The Hall–Kier alpha value is 1.34. The summed E-state index contributed by atoms with van der Waals surface area (Å²) in [5.74, 6) is -3.02. The van der Waals surface area contributed by atoms with Gasteiger partial charge in [-0.05, 0) is 73.2 Å². The van der Waals surface area contributed by atoms with Crippen molar-refractivity contribution in [1.82, 2.24) is 0 Å². The molecule has 0 saturated carbocycles. The first-order chi connectivity index (χ1) is 14.2. The summed E-state index contributed by atoms with van der Waals surface area (Å²) in [7, 11) is -13.2. The van der Waals surface area contributed by atoms with Gasteiger partial charge >= 0.3 is 103 Å². The summed E-state index contributed by atoms with van der Waals surface area (Å²) in [5.41, 5.74) is -0.208. The summed E-state index contributed by atoms with van der Waals surface area (Å²) in [6.45, 7) is 0. The maximum absolute atomic E-state index is 14.0. The van der Waals surface area contributed by atoms with Gasteiger partial charge in [-0.25, -0.2) is 34.0 Å². The molecule has 2 rings (SSSR count). The van der Waals surface area contributed by atoms with Gasteiger partial charge in [0.05, 0.1) is 30.0 Å². The van der Waals surface area contributed by atoms with Crippen LogP contribution in [0.15, 0.2) is 46.2 Å². The summed E-state index contributed by atoms with van der Waals surface area (Å²) in [6.07, 6.45) is -0.769. The van der Waals surface area contributed by atoms with E-state index in [1.165, 1.54) is 0 Å². The number of benzene rings is 2. The average molecular weight is 575 g/mol. The Labute approximate surface area is 277 Å². The topological polar surface area (TPSA) is 149 Å². The van der Waals surface area contributed by atoms with Crippen LogP contribution in [0, 0.1) is 11.6 Å². The Morgan fingerprint density at radius 2 is 0.970 bits per heavy atom. The van der Waals surface area contributed by atoms with Crippen molar-refractivity contribution in [3.05, 3.63) is 59.2 Å². The predicted molar refractivity (Wildman–Crippen MR) is 104 cm³/mol. The van der Waals surface area contributed by atoms with E-state index in [9.17, 15) is 43.1 Å². The van der Waals surface area contributed by atoms with Crippen molar-refractivity contribution in [3.63, 3.8) is 0 Å². The smallest absolute Gasteiger partial charge is 0.748 e. The molecule has 0 heterocycles. The minimum Gasteiger partial charge on any atom is -0.748 e. The minimum atomic E-state index is -4.50. The van der Waals surface area contributed by atoms with Crippen LogP contribution in [-0.4, -0.2) is 45.9 Å². The largest absolute Gasteiger partial charge is 1.00 e. The average Bonchev–Trinajstić information content (AvgIpc) is 2.62. The normalized spacial score (nSPS) is 12.0. The van der Waals surface area contributed by atoms with Crippen LogP contribution in [-0.2, 0) is 42.9 Å². The number of halogens is 2. The molecule has 0 saturated heterocycles. The van der Waals surface area contributed by atoms with Gasteiger partial charge in [-0.3, -0.25) is 0 Å². The molecule has 172 valence electrons. The first kappa shape index (κ1) is 34.3. The zero-order valence-electron chi connectivity index (χ0n) is 18.0. The van der Waals surface area contributed by atoms with Crippen LogP contribution in [0.4, 0.5) is 8.78 Å². The van der Waals surface area contributed by atoms with Crippen molar-refractivity contribution < 1.29 is 146 Å². The van der Waals surface area contributed by atoms with Crippen LogP contribution >= 0.6 is 0 Å². The Morgan fingerprint density at radius 1 is 0.636 bits per heavy atom. The Kier molecular flexibility index (Phi) is 14.9. The first-order valence-corrected chi connectivity index (χ1v) is 13.5. The monoisotopic (exact) mass is 574 g/mol. The molecule has 0 spiro atoms. The summed E-state index contributed by atoms with van der Waals surface area (Å²) in [4.78, 5) is -0.651. The molecule has 2 aromatic carbocycles. The van der Waals surface area contributed by atoms with Crippen LogP contribution in [0.1, 0.15) is 24.0 Å². The van der Waals surface area contributed by atoms with E-state index in [4.69, 9.17) is 0 Å². The molecule has 0 unspecified atom stereocenters. The maximum atomic E-state index is 14.0. The third kappa shape index (κ3) is 11.5. The maximum Gasteiger partial charge on any atom is 1.00 e. The van der Waals surface area contributed by atoms with Gasteiger partial charge in [0, 0.05) is 11.5 Å². The fourth-order valence-electron chi connectivity index (χ4n) is 2.83. The van der Waals surface area contributed by atoms with E-state index in [2.05, 4.69) is 0 Å². The second kappa shape index (κ2) is 14.3. The van der Waals surface area contributed by atoms with Crippen molar-refractivity contribution >= 4 is 30.1 Å². The van der Waals surface area contributed by atoms with Crippen molar-refractivity contribution in [2.75, 3.05) is 11.5 Å². The van der Waals surface area contributed by atoms with E-state index in [0.717, 1.165) is 36.4 Å². The molecule has 2 aromatic rings. The molecule has 0 aromatic heterocycles. The second-order valence-corrected chi connectivity index (χ2v) is 11.7. The summed E-state index contributed by atoms with van der Waals surface area (Å²) >= 11 is 0. The Bertz CT molecular complexity index is 1190. The molecule has 0 radical (unpaired) electrons. The van der Waals surface area contributed by atoms with Gasteiger partial charge in [0.1, 0.15) is 11.6 Å². The van der Waals surface area contributed by atoms with Crippen LogP contribution < -0.4 is 103 Å². The van der Waals surface area contributed by atoms with Gasteiger partial charge < -0.3 is 9.11 Å².